The van der Waals surface area contributed by atoms with E-state index in [4.69, 9.17) is 4.84 Å². The highest BCUT2D eigenvalue weighted by Crippen LogP contribution is 2.08. The van der Waals surface area contributed by atoms with Gasteiger partial charge in [0.05, 0.1) is 0 Å². The van der Waals surface area contributed by atoms with E-state index in [0.717, 1.165) is 10.4 Å². The Hall–Kier alpha value is -2.70. The summed E-state index contributed by atoms with van der Waals surface area (Å²) < 4.78 is 1.70. The van der Waals surface area contributed by atoms with E-state index in [9.17, 15) is 4.79 Å². The van der Waals surface area contributed by atoms with Gasteiger partial charge in [-0.25, -0.2) is 9.78 Å². The number of hydrogen-bond donors (Lipinski definition) is 0. The normalized spacial score (nSPS) is 10.8. The SMILES string of the molecule is Cc1cc(C(=O)On2nnc3cccnc32)n(C)c1. The van der Waals surface area contributed by atoms with Crippen LogP contribution in [0.25, 0.3) is 11.2 Å². The molecule has 0 fully saturated rings. The van der Waals surface area contributed by atoms with Crippen molar-refractivity contribution in [3.8, 4) is 0 Å². The predicted molar refractivity (Wildman–Crippen MR) is 66.4 cm³/mol. The van der Waals surface area contributed by atoms with E-state index < -0.39 is 5.97 Å². The summed E-state index contributed by atoms with van der Waals surface area (Å²) in [6.07, 6.45) is 3.43. The fourth-order valence-corrected chi connectivity index (χ4v) is 1.86. The topological polar surface area (TPSA) is 74.8 Å². The predicted octanol–water partition coefficient (Wildman–Crippen LogP) is 0.742. The lowest BCUT2D eigenvalue weighted by atomic mass is 10.3. The maximum absolute atomic E-state index is 12.0. The van der Waals surface area contributed by atoms with E-state index in [1.165, 1.54) is 0 Å². The Morgan fingerprint density at radius 1 is 1.42 bits per heavy atom. The zero-order chi connectivity index (χ0) is 13.4. The second-order valence-corrected chi connectivity index (χ2v) is 4.20. The number of hydrogen-bond acceptors (Lipinski definition) is 5. The molecule has 3 aromatic heterocycles. The molecule has 19 heavy (non-hydrogen) atoms. The highest BCUT2D eigenvalue weighted by molar-refractivity contribution is 5.88. The molecule has 7 nitrogen and oxygen atoms in total. The van der Waals surface area contributed by atoms with Crippen molar-refractivity contribution in [2.24, 2.45) is 7.05 Å². The minimum Gasteiger partial charge on any atom is -0.345 e. The smallest absolute Gasteiger partial charge is 0.345 e. The Balaban J connectivity index is 1.93. The second-order valence-electron chi connectivity index (χ2n) is 4.20. The van der Waals surface area contributed by atoms with Crippen molar-refractivity contribution in [2.45, 2.75) is 6.92 Å². The Bertz CT molecular complexity index is 758. The van der Waals surface area contributed by atoms with Crippen molar-refractivity contribution in [2.75, 3.05) is 0 Å². The molecule has 0 aromatic carbocycles. The molecule has 0 N–H and O–H groups in total. The lowest BCUT2D eigenvalue weighted by Gasteiger charge is -2.03. The van der Waals surface area contributed by atoms with Gasteiger partial charge in [-0.2, -0.15) is 0 Å². The van der Waals surface area contributed by atoms with Crippen molar-refractivity contribution < 1.29 is 9.63 Å². The first-order valence-corrected chi connectivity index (χ1v) is 5.67. The minimum absolute atomic E-state index is 0.404. The average Bonchev–Trinajstić information content (AvgIpc) is 2.94. The molecule has 0 aliphatic carbocycles. The molecule has 0 atom stereocenters. The average molecular weight is 257 g/mol. The summed E-state index contributed by atoms with van der Waals surface area (Å²) in [7, 11) is 1.78. The molecule has 3 heterocycles. The van der Waals surface area contributed by atoms with Crippen molar-refractivity contribution in [3.05, 3.63) is 41.9 Å². The molecule has 0 saturated carbocycles. The molecular weight excluding hydrogens is 246 g/mol. The van der Waals surface area contributed by atoms with Crippen LogP contribution in [-0.4, -0.2) is 30.7 Å². The first kappa shape index (κ1) is 11.4. The molecule has 0 saturated heterocycles. The minimum atomic E-state index is -0.506. The standard InChI is InChI=1S/C12H11N5O2/c1-8-6-10(16(2)7-8)12(18)19-17-11-9(14-15-17)4-3-5-13-11/h3-7H,1-2H3. The Labute approximate surface area is 108 Å². The lowest BCUT2D eigenvalue weighted by Crippen LogP contribution is -2.23. The van der Waals surface area contributed by atoms with Gasteiger partial charge in [0.15, 0.2) is 0 Å². The molecule has 0 aliphatic rings. The van der Waals surface area contributed by atoms with Gasteiger partial charge in [-0.3, -0.25) is 0 Å². The summed E-state index contributed by atoms with van der Waals surface area (Å²) in [4.78, 5) is 22.3. The summed E-state index contributed by atoms with van der Waals surface area (Å²) in [5.74, 6) is -0.506. The van der Waals surface area contributed by atoms with Crippen LogP contribution in [0.1, 0.15) is 16.1 Å². The van der Waals surface area contributed by atoms with Gasteiger partial charge in [0.2, 0.25) is 5.65 Å². The third-order valence-corrected chi connectivity index (χ3v) is 2.70. The van der Waals surface area contributed by atoms with Crippen LogP contribution in [0, 0.1) is 6.92 Å². The summed E-state index contributed by atoms with van der Waals surface area (Å²) >= 11 is 0. The van der Waals surface area contributed by atoms with Crippen molar-refractivity contribution in [1.82, 2.24) is 24.7 Å². The summed E-state index contributed by atoms with van der Waals surface area (Å²) in [5, 5.41) is 7.61. The molecule has 0 spiro atoms. The Kier molecular flexibility index (Phi) is 2.52. The van der Waals surface area contributed by atoms with E-state index >= 15 is 0 Å². The van der Waals surface area contributed by atoms with Crippen LogP contribution in [0.15, 0.2) is 30.6 Å². The summed E-state index contributed by atoms with van der Waals surface area (Å²) in [5.41, 5.74) is 2.40. The van der Waals surface area contributed by atoms with Crippen LogP contribution < -0.4 is 4.84 Å². The number of aryl methyl sites for hydroxylation is 2. The van der Waals surface area contributed by atoms with Gasteiger partial charge >= 0.3 is 5.97 Å². The van der Waals surface area contributed by atoms with Gasteiger partial charge in [0, 0.05) is 19.4 Å². The number of carbonyl (C=O) groups excluding carboxylic acids is 1. The maximum Gasteiger partial charge on any atom is 0.382 e. The number of carbonyl (C=O) groups is 1. The largest absolute Gasteiger partial charge is 0.382 e. The van der Waals surface area contributed by atoms with Crippen LogP contribution in [0.5, 0.6) is 0 Å². The molecular formula is C12H11N5O2. The molecule has 96 valence electrons. The van der Waals surface area contributed by atoms with Gasteiger partial charge in [0.1, 0.15) is 11.2 Å². The van der Waals surface area contributed by atoms with Gasteiger partial charge in [-0.1, -0.05) is 0 Å². The number of aromatic nitrogens is 5. The summed E-state index contributed by atoms with van der Waals surface area (Å²) in [6.45, 7) is 1.91. The van der Waals surface area contributed by atoms with E-state index in [0.29, 0.717) is 16.9 Å². The van der Waals surface area contributed by atoms with Crippen molar-refractivity contribution >= 4 is 17.1 Å². The number of rotatable bonds is 2. The fourth-order valence-electron chi connectivity index (χ4n) is 1.86. The fraction of sp³-hybridized carbons (Fsp3) is 0.167. The van der Waals surface area contributed by atoms with Crippen LogP contribution >= 0.6 is 0 Å². The van der Waals surface area contributed by atoms with Crippen molar-refractivity contribution in [1.29, 1.82) is 0 Å². The van der Waals surface area contributed by atoms with Crippen LogP contribution in [0.2, 0.25) is 0 Å². The zero-order valence-corrected chi connectivity index (χ0v) is 10.4. The number of nitrogens with zero attached hydrogens (tertiary/aromatic N) is 5. The van der Waals surface area contributed by atoms with E-state index in [1.807, 2.05) is 13.1 Å². The zero-order valence-electron chi connectivity index (χ0n) is 10.4. The lowest BCUT2D eigenvalue weighted by molar-refractivity contribution is 0.0394. The molecule has 3 rings (SSSR count). The Morgan fingerprint density at radius 2 is 2.26 bits per heavy atom. The molecule has 0 amide bonds. The van der Waals surface area contributed by atoms with Crippen LogP contribution in [0.4, 0.5) is 0 Å². The van der Waals surface area contributed by atoms with Gasteiger partial charge in [-0.05, 0) is 40.7 Å². The monoisotopic (exact) mass is 257 g/mol. The van der Waals surface area contributed by atoms with Crippen molar-refractivity contribution in [3.63, 3.8) is 0 Å². The Morgan fingerprint density at radius 3 is 3.00 bits per heavy atom. The third kappa shape index (κ3) is 1.95. The van der Waals surface area contributed by atoms with E-state index in [-0.39, 0.29) is 0 Å². The van der Waals surface area contributed by atoms with E-state index in [2.05, 4.69) is 15.3 Å². The molecule has 3 aromatic rings. The van der Waals surface area contributed by atoms with Crippen LogP contribution in [0.3, 0.4) is 0 Å². The molecule has 0 radical (unpaired) electrons. The quantitative estimate of drug-likeness (QED) is 0.633. The second kappa shape index (κ2) is 4.20. The molecule has 7 heteroatoms. The van der Waals surface area contributed by atoms with E-state index in [1.54, 1.807) is 36.0 Å². The number of fused-ring (bicyclic) bond motifs is 1. The van der Waals surface area contributed by atoms with Gasteiger partial charge in [0.25, 0.3) is 0 Å². The molecule has 0 aliphatic heterocycles. The molecule has 0 bridgehead atoms. The van der Waals surface area contributed by atoms with Crippen LogP contribution in [-0.2, 0) is 7.05 Å². The summed E-state index contributed by atoms with van der Waals surface area (Å²) in [6, 6.07) is 5.23. The first-order chi connectivity index (χ1) is 9.15. The van der Waals surface area contributed by atoms with Gasteiger partial charge < -0.3 is 9.40 Å². The highest BCUT2D eigenvalue weighted by atomic mass is 16.7. The number of pyridine rings is 1. The molecule has 0 unspecified atom stereocenters. The first-order valence-electron chi connectivity index (χ1n) is 5.67. The highest BCUT2D eigenvalue weighted by Gasteiger charge is 2.16. The van der Waals surface area contributed by atoms with Gasteiger partial charge in [-0.15, -0.1) is 5.10 Å². The maximum atomic E-state index is 12.0. The third-order valence-electron chi connectivity index (χ3n) is 2.70.